The molecule has 0 aliphatic carbocycles. The van der Waals surface area contributed by atoms with Crippen LogP contribution >= 0.6 is 0 Å². The molecule has 160 valence electrons. The third kappa shape index (κ3) is 4.55. The minimum atomic E-state index is -3.45. The molecule has 0 bridgehead atoms. The van der Waals surface area contributed by atoms with Crippen molar-refractivity contribution in [2.75, 3.05) is 21.1 Å². The Kier molecular flexibility index (Phi) is 6.01. The number of nitrogens with zero attached hydrogens (tertiary/aromatic N) is 3. The summed E-state index contributed by atoms with van der Waals surface area (Å²) in [4.78, 5) is 18.3. The molecule has 0 aromatic heterocycles. The fraction of sp³-hybridized carbons (Fsp3) is 0.364. The van der Waals surface area contributed by atoms with Crippen LogP contribution in [0.5, 0.6) is 0 Å². The Morgan fingerprint density at radius 1 is 1.13 bits per heavy atom. The molecule has 8 heteroatoms. The SMILES string of the molecule is CN1C(=O)CC(C)(CCc2cccc(-c3ccc(S(=O)(=O)N(C)C)cc3)c2)N=C1N. The number of hydrogen-bond acceptors (Lipinski definition) is 5. The first-order chi connectivity index (χ1) is 14.0. The average Bonchev–Trinajstić information content (AvgIpc) is 2.71. The smallest absolute Gasteiger partial charge is 0.242 e. The summed E-state index contributed by atoms with van der Waals surface area (Å²) in [6, 6.07) is 15.0. The van der Waals surface area contributed by atoms with Gasteiger partial charge in [0.25, 0.3) is 0 Å². The van der Waals surface area contributed by atoms with Crippen LogP contribution in [0.15, 0.2) is 58.4 Å². The number of carbonyl (C=O) groups is 1. The Labute approximate surface area is 178 Å². The Morgan fingerprint density at radius 3 is 2.40 bits per heavy atom. The van der Waals surface area contributed by atoms with E-state index in [2.05, 4.69) is 11.1 Å². The number of guanidine groups is 1. The second-order valence-electron chi connectivity index (χ2n) is 8.11. The zero-order valence-corrected chi connectivity index (χ0v) is 18.6. The molecule has 1 aliphatic rings. The summed E-state index contributed by atoms with van der Waals surface area (Å²) in [6.07, 6.45) is 1.80. The first-order valence-corrected chi connectivity index (χ1v) is 11.2. The van der Waals surface area contributed by atoms with Crippen molar-refractivity contribution in [2.24, 2.45) is 10.7 Å². The molecule has 0 saturated heterocycles. The maximum atomic E-state index is 12.2. The van der Waals surface area contributed by atoms with Crippen LogP contribution in [0.25, 0.3) is 11.1 Å². The highest BCUT2D eigenvalue weighted by molar-refractivity contribution is 7.89. The standard InChI is InChI=1S/C22H28N4O3S/c1-22(15-20(27)26(4)21(23)24-22)13-12-16-6-5-7-18(14-16)17-8-10-19(11-9-17)30(28,29)25(2)3/h5-11,14H,12-13,15H2,1-4H3,(H2,23,24). The fourth-order valence-corrected chi connectivity index (χ4v) is 4.36. The summed E-state index contributed by atoms with van der Waals surface area (Å²) in [6.45, 7) is 1.96. The third-order valence-corrected chi connectivity index (χ3v) is 7.31. The number of amides is 1. The second-order valence-corrected chi connectivity index (χ2v) is 10.3. The third-order valence-electron chi connectivity index (χ3n) is 5.48. The van der Waals surface area contributed by atoms with Gasteiger partial charge in [-0.1, -0.05) is 36.4 Å². The first-order valence-electron chi connectivity index (χ1n) is 9.76. The fourth-order valence-electron chi connectivity index (χ4n) is 3.46. The van der Waals surface area contributed by atoms with Crippen LogP contribution in [0.2, 0.25) is 0 Å². The number of aliphatic imine (C=N–C) groups is 1. The number of rotatable bonds is 6. The van der Waals surface area contributed by atoms with Crippen molar-refractivity contribution in [3.8, 4) is 11.1 Å². The van der Waals surface area contributed by atoms with E-state index in [0.29, 0.717) is 12.8 Å². The van der Waals surface area contributed by atoms with Crippen molar-refractivity contribution in [1.82, 2.24) is 9.21 Å². The van der Waals surface area contributed by atoms with Gasteiger partial charge in [-0.25, -0.2) is 17.7 Å². The molecule has 1 heterocycles. The molecule has 7 nitrogen and oxygen atoms in total. The number of aryl methyl sites for hydroxylation is 1. The maximum absolute atomic E-state index is 12.2. The van der Waals surface area contributed by atoms with E-state index in [1.54, 1.807) is 19.2 Å². The molecule has 2 aromatic carbocycles. The van der Waals surface area contributed by atoms with Crippen LogP contribution in [0.4, 0.5) is 0 Å². The summed E-state index contributed by atoms with van der Waals surface area (Å²) in [5, 5.41) is 0. The van der Waals surface area contributed by atoms with Gasteiger partial charge in [-0.3, -0.25) is 9.69 Å². The number of hydrogen-bond donors (Lipinski definition) is 1. The molecule has 30 heavy (non-hydrogen) atoms. The van der Waals surface area contributed by atoms with Crippen molar-refractivity contribution >= 4 is 21.9 Å². The summed E-state index contributed by atoms with van der Waals surface area (Å²) >= 11 is 0. The molecule has 1 amide bonds. The minimum absolute atomic E-state index is 0.0217. The molecule has 0 spiro atoms. The van der Waals surface area contributed by atoms with E-state index >= 15 is 0 Å². The van der Waals surface area contributed by atoms with E-state index < -0.39 is 15.6 Å². The quantitative estimate of drug-likeness (QED) is 0.764. The lowest BCUT2D eigenvalue weighted by Crippen LogP contribution is -2.48. The minimum Gasteiger partial charge on any atom is -0.369 e. The van der Waals surface area contributed by atoms with Gasteiger partial charge in [-0.15, -0.1) is 0 Å². The van der Waals surface area contributed by atoms with E-state index in [4.69, 9.17) is 5.73 Å². The van der Waals surface area contributed by atoms with Gasteiger partial charge in [0, 0.05) is 21.1 Å². The van der Waals surface area contributed by atoms with Gasteiger partial charge in [0.15, 0.2) is 5.96 Å². The van der Waals surface area contributed by atoms with E-state index in [1.165, 1.54) is 23.3 Å². The van der Waals surface area contributed by atoms with Gasteiger partial charge in [0.2, 0.25) is 15.9 Å². The zero-order chi connectivity index (χ0) is 22.1. The molecule has 0 saturated carbocycles. The second kappa shape index (κ2) is 8.20. The molecule has 0 fully saturated rings. The number of nitrogens with two attached hydrogens (primary N) is 1. The van der Waals surface area contributed by atoms with Crippen LogP contribution in [-0.2, 0) is 21.2 Å². The van der Waals surface area contributed by atoms with E-state index in [0.717, 1.165) is 23.1 Å². The van der Waals surface area contributed by atoms with Crippen molar-refractivity contribution in [1.29, 1.82) is 0 Å². The topological polar surface area (TPSA) is 96.1 Å². The highest BCUT2D eigenvalue weighted by atomic mass is 32.2. The normalized spacial score (nSPS) is 19.8. The monoisotopic (exact) mass is 428 g/mol. The molecule has 3 rings (SSSR count). The number of benzene rings is 2. The molecule has 0 radical (unpaired) electrons. The lowest BCUT2D eigenvalue weighted by molar-refractivity contribution is -0.128. The summed E-state index contributed by atoms with van der Waals surface area (Å²) in [7, 11) is 1.23. The van der Waals surface area contributed by atoms with E-state index in [1.807, 2.05) is 37.3 Å². The highest BCUT2D eigenvalue weighted by Crippen LogP contribution is 2.28. The Hall–Kier alpha value is -2.71. The van der Waals surface area contributed by atoms with Gasteiger partial charge in [-0.05, 0) is 48.6 Å². The van der Waals surface area contributed by atoms with Crippen LogP contribution in [0, 0.1) is 0 Å². The predicted molar refractivity (Wildman–Crippen MR) is 118 cm³/mol. The maximum Gasteiger partial charge on any atom is 0.242 e. The zero-order valence-electron chi connectivity index (χ0n) is 17.8. The van der Waals surface area contributed by atoms with Gasteiger partial charge in [0.05, 0.1) is 16.9 Å². The molecule has 1 atom stereocenters. The Morgan fingerprint density at radius 2 is 1.80 bits per heavy atom. The lowest BCUT2D eigenvalue weighted by Gasteiger charge is -2.33. The lowest BCUT2D eigenvalue weighted by atomic mass is 9.88. The van der Waals surface area contributed by atoms with Crippen molar-refractivity contribution < 1.29 is 13.2 Å². The van der Waals surface area contributed by atoms with Crippen LogP contribution < -0.4 is 5.73 Å². The number of carbonyl (C=O) groups excluding carboxylic acids is 1. The predicted octanol–water partition coefficient (Wildman–Crippen LogP) is 2.47. The molecule has 1 unspecified atom stereocenters. The van der Waals surface area contributed by atoms with Gasteiger partial charge >= 0.3 is 0 Å². The van der Waals surface area contributed by atoms with E-state index in [-0.39, 0.29) is 16.8 Å². The van der Waals surface area contributed by atoms with Crippen molar-refractivity contribution in [3.63, 3.8) is 0 Å². The molecule has 1 aliphatic heterocycles. The first kappa shape index (κ1) is 22.0. The number of sulfonamides is 1. The highest BCUT2D eigenvalue weighted by Gasteiger charge is 2.34. The Bertz CT molecular complexity index is 1080. The molecular formula is C22H28N4O3S. The summed E-state index contributed by atoms with van der Waals surface area (Å²) in [5.41, 5.74) is 8.45. The van der Waals surface area contributed by atoms with Crippen molar-refractivity contribution in [2.45, 2.75) is 36.6 Å². The summed E-state index contributed by atoms with van der Waals surface area (Å²) in [5.74, 6) is 0.238. The van der Waals surface area contributed by atoms with Crippen LogP contribution in [0.3, 0.4) is 0 Å². The summed E-state index contributed by atoms with van der Waals surface area (Å²) < 4.78 is 25.7. The van der Waals surface area contributed by atoms with Crippen LogP contribution in [-0.4, -0.2) is 56.2 Å². The van der Waals surface area contributed by atoms with Gasteiger partial charge in [-0.2, -0.15) is 0 Å². The molecule has 2 N–H and O–H groups in total. The Balaban J connectivity index is 1.76. The van der Waals surface area contributed by atoms with Crippen molar-refractivity contribution in [3.05, 3.63) is 54.1 Å². The average molecular weight is 429 g/mol. The largest absolute Gasteiger partial charge is 0.369 e. The van der Waals surface area contributed by atoms with Gasteiger partial charge in [0.1, 0.15) is 0 Å². The van der Waals surface area contributed by atoms with Crippen LogP contribution in [0.1, 0.15) is 25.3 Å². The van der Waals surface area contributed by atoms with Gasteiger partial charge < -0.3 is 5.73 Å². The van der Waals surface area contributed by atoms with E-state index in [9.17, 15) is 13.2 Å². The molecule has 2 aromatic rings. The molecular weight excluding hydrogens is 400 g/mol.